The first kappa shape index (κ1) is 18.7. The average molecular weight is 365 g/mol. The number of benzene rings is 1. The van der Waals surface area contributed by atoms with E-state index in [0.29, 0.717) is 29.2 Å². The van der Waals surface area contributed by atoms with Crippen LogP contribution in [0.4, 0.5) is 0 Å². The molecule has 3 aromatic rings. The zero-order chi connectivity index (χ0) is 19.6. The highest BCUT2D eigenvalue weighted by Gasteiger charge is 2.20. The van der Waals surface area contributed by atoms with E-state index in [9.17, 15) is 9.59 Å². The molecule has 0 aliphatic carbocycles. The number of hydrogen-bond donors (Lipinski definition) is 0. The number of carbonyl (C=O) groups excluding carboxylic acids is 2. The van der Waals surface area contributed by atoms with E-state index in [-0.39, 0.29) is 12.4 Å². The molecule has 0 saturated heterocycles. The van der Waals surface area contributed by atoms with Crippen LogP contribution in [0.1, 0.15) is 49.2 Å². The summed E-state index contributed by atoms with van der Waals surface area (Å²) in [5.74, 6) is 0.366. The van der Waals surface area contributed by atoms with Crippen molar-refractivity contribution in [3.8, 4) is 0 Å². The quantitative estimate of drug-likeness (QED) is 0.480. The lowest BCUT2D eigenvalue weighted by molar-refractivity contribution is 0.0472. The maximum absolute atomic E-state index is 12.6. The van der Waals surface area contributed by atoms with Gasteiger partial charge in [-0.1, -0.05) is 30.3 Å². The van der Waals surface area contributed by atoms with Gasteiger partial charge in [-0.3, -0.25) is 4.79 Å². The molecule has 0 amide bonds. The Kier molecular flexibility index (Phi) is 5.31. The van der Waals surface area contributed by atoms with E-state index in [1.54, 1.807) is 19.9 Å². The predicted octanol–water partition coefficient (Wildman–Crippen LogP) is 4.40. The molecule has 140 valence electrons. The SMILES string of the molecule is Cc1cc(C(=O)OCC(=O)c2cc(C)n(Cc3ccccc3)c2C)c(C)o1. The number of esters is 1. The molecule has 0 aliphatic heterocycles. The molecule has 3 rings (SSSR count). The van der Waals surface area contributed by atoms with Gasteiger partial charge in [0.2, 0.25) is 5.78 Å². The number of ketones is 1. The minimum Gasteiger partial charge on any atom is -0.466 e. The number of hydrogen-bond acceptors (Lipinski definition) is 4. The Labute approximate surface area is 158 Å². The van der Waals surface area contributed by atoms with Crippen LogP contribution in [0.25, 0.3) is 0 Å². The lowest BCUT2D eigenvalue weighted by atomic mass is 10.1. The summed E-state index contributed by atoms with van der Waals surface area (Å²) < 4.78 is 12.6. The number of carbonyl (C=O) groups is 2. The van der Waals surface area contributed by atoms with E-state index < -0.39 is 5.97 Å². The Bertz CT molecular complexity index is 979. The van der Waals surface area contributed by atoms with Gasteiger partial charge in [0.1, 0.15) is 17.1 Å². The number of Topliss-reactive ketones (excluding diaryl/α,β-unsaturated/α-hetero) is 1. The van der Waals surface area contributed by atoms with E-state index in [1.165, 1.54) is 0 Å². The third-order valence-electron chi connectivity index (χ3n) is 4.65. The summed E-state index contributed by atoms with van der Waals surface area (Å²) in [5, 5.41) is 0. The number of aryl methyl sites for hydroxylation is 3. The molecule has 2 aromatic heterocycles. The van der Waals surface area contributed by atoms with Crippen molar-refractivity contribution in [1.82, 2.24) is 4.57 Å². The lowest BCUT2D eigenvalue weighted by Gasteiger charge is -2.10. The zero-order valence-electron chi connectivity index (χ0n) is 16.0. The summed E-state index contributed by atoms with van der Waals surface area (Å²) in [4.78, 5) is 24.8. The van der Waals surface area contributed by atoms with Crippen molar-refractivity contribution in [2.24, 2.45) is 0 Å². The van der Waals surface area contributed by atoms with Gasteiger partial charge >= 0.3 is 5.97 Å². The van der Waals surface area contributed by atoms with Crippen LogP contribution >= 0.6 is 0 Å². The molecule has 27 heavy (non-hydrogen) atoms. The van der Waals surface area contributed by atoms with Crippen molar-refractivity contribution < 1.29 is 18.7 Å². The molecule has 0 atom stereocenters. The monoisotopic (exact) mass is 365 g/mol. The van der Waals surface area contributed by atoms with E-state index in [0.717, 1.165) is 17.0 Å². The van der Waals surface area contributed by atoms with Crippen molar-refractivity contribution in [3.05, 3.63) is 82.1 Å². The van der Waals surface area contributed by atoms with Crippen molar-refractivity contribution >= 4 is 11.8 Å². The van der Waals surface area contributed by atoms with Gasteiger partial charge in [-0.2, -0.15) is 0 Å². The first-order chi connectivity index (χ1) is 12.9. The molecule has 0 fully saturated rings. The van der Waals surface area contributed by atoms with Crippen LogP contribution in [0.5, 0.6) is 0 Å². The van der Waals surface area contributed by atoms with Crippen LogP contribution in [0.15, 0.2) is 46.9 Å². The van der Waals surface area contributed by atoms with Gasteiger partial charge in [0, 0.05) is 23.5 Å². The Morgan fingerprint density at radius 3 is 2.33 bits per heavy atom. The minimum atomic E-state index is -0.546. The predicted molar refractivity (Wildman–Crippen MR) is 102 cm³/mol. The summed E-state index contributed by atoms with van der Waals surface area (Å²) in [6.45, 7) is 7.74. The number of rotatable bonds is 6. The molecular weight excluding hydrogens is 342 g/mol. The van der Waals surface area contributed by atoms with Gasteiger partial charge in [-0.05, 0) is 45.4 Å². The highest BCUT2D eigenvalue weighted by molar-refractivity contribution is 6.00. The van der Waals surface area contributed by atoms with Crippen molar-refractivity contribution in [1.29, 1.82) is 0 Å². The molecule has 5 heteroatoms. The second kappa shape index (κ2) is 7.66. The first-order valence-corrected chi connectivity index (χ1v) is 8.85. The van der Waals surface area contributed by atoms with E-state index >= 15 is 0 Å². The Morgan fingerprint density at radius 1 is 1.00 bits per heavy atom. The Hall–Kier alpha value is -3.08. The van der Waals surface area contributed by atoms with Crippen LogP contribution in [-0.2, 0) is 11.3 Å². The standard InChI is InChI=1S/C22H23NO4/c1-14-10-19(16(3)23(14)12-18-8-6-5-7-9-18)21(24)13-26-22(25)20-11-15(2)27-17(20)4/h5-11H,12-13H2,1-4H3. The van der Waals surface area contributed by atoms with Crippen molar-refractivity contribution in [2.45, 2.75) is 34.2 Å². The molecule has 2 heterocycles. The Morgan fingerprint density at radius 2 is 1.70 bits per heavy atom. The molecular formula is C22H23NO4. The molecule has 5 nitrogen and oxygen atoms in total. The fourth-order valence-electron chi connectivity index (χ4n) is 3.21. The zero-order valence-corrected chi connectivity index (χ0v) is 16.0. The van der Waals surface area contributed by atoms with E-state index in [1.807, 2.05) is 38.1 Å². The summed E-state index contributed by atoms with van der Waals surface area (Å²) in [6, 6.07) is 13.5. The number of nitrogens with zero attached hydrogens (tertiary/aromatic N) is 1. The normalized spacial score (nSPS) is 10.8. The van der Waals surface area contributed by atoms with Crippen LogP contribution < -0.4 is 0 Å². The largest absolute Gasteiger partial charge is 0.466 e. The fourth-order valence-corrected chi connectivity index (χ4v) is 3.21. The summed E-state index contributed by atoms with van der Waals surface area (Å²) in [5.41, 5.74) is 3.96. The van der Waals surface area contributed by atoms with E-state index in [4.69, 9.17) is 9.15 Å². The minimum absolute atomic E-state index is 0.214. The van der Waals surface area contributed by atoms with Gasteiger partial charge < -0.3 is 13.7 Å². The molecule has 0 spiro atoms. The number of ether oxygens (including phenoxy) is 1. The van der Waals surface area contributed by atoms with Crippen LogP contribution in [0.2, 0.25) is 0 Å². The third kappa shape index (κ3) is 4.03. The van der Waals surface area contributed by atoms with Gasteiger partial charge in [-0.25, -0.2) is 4.79 Å². The van der Waals surface area contributed by atoms with Gasteiger partial charge in [0.15, 0.2) is 6.61 Å². The molecule has 0 unspecified atom stereocenters. The van der Waals surface area contributed by atoms with Gasteiger partial charge in [0.25, 0.3) is 0 Å². The topological polar surface area (TPSA) is 61.4 Å². The van der Waals surface area contributed by atoms with Crippen LogP contribution in [-0.4, -0.2) is 22.9 Å². The Balaban J connectivity index is 1.71. The molecule has 0 aliphatic rings. The highest BCUT2D eigenvalue weighted by atomic mass is 16.5. The van der Waals surface area contributed by atoms with Crippen molar-refractivity contribution in [2.75, 3.05) is 6.61 Å². The van der Waals surface area contributed by atoms with Gasteiger partial charge in [0.05, 0.1) is 0 Å². The van der Waals surface area contributed by atoms with Crippen LogP contribution in [0, 0.1) is 27.7 Å². The maximum Gasteiger partial charge on any atom is 0.342 e. The third-order valence-corrected chi connectivity index (χ3v) is 4.65. The molecule has 1 aromatic carbocycles. The van der Waals surface area contributed by atoms with Crippen molar-refractivity contribution in [3.63, 3.8) is 0 Å². The fraction of sp³-hybridized carbons (Fsp3) is 0.273. The second-order valence-electron chi connectivity index (χ2n) is 6.68. The van der Waals surface area contributed by atoms with Crippen LogP contribution in [0.3, 0.4) is 0 Å². The van der Waals surface area contributed by atoms with E-state index in [2.05, 4.69) is 16.7 Å². The molecule has 0 N–H and O–H groups in total. The van der Waals surface area contributed by atoms with Gasteiger partial charge in [-0.15, -0.1) is 0 Å². The highest BCUT2D eigenvalue weighted by Crippen LogP contribution is 2.19. The smallest absolute Gasteiger partial charge is 0.342 e. The number of furan rings is 1. The lowest BCUT2D eigenvalue weighted by Crippen LogP contribution is -2.15. The second-order valence-corrected chi connectivity index (χ2v) is 6.68. The summed E-state index contributed by atoms with van der Waals surface area (Å²) >= 11 is 0. The average Bonchev–Trinajstić information content (AvgIpc) is 3.13. The summed E-state index contributed by atoms with van der Waals surface area (Å²) in [7, 11) is 0. The summed E-state index contributed by atoms with van der Waals surface area (Å²) in [6.07, 6.45) is 0. The number of aromatic nitrogens is 1. The molecule has 0 radical (unpaired) electrons. The molecule has 0 saturated carbocycles. The molecule has 0 bridgehead atoms. The first-order valence-electron chi connectivity index (χ1n) is 8.85. The maximum atomic E-state index is 12.6.